The molecule has 3 aliphatic carbocycles. The van der Waals surface area contributed by atoms with Gasteiger partial charge in [0, 0.05) is 22.8 Å². The number of non-ortho nitro benzene ring substituents is 1. The van der Waals surface area contributed by atoms with Crippen molar-refractivity contribution in [2.75, 3.05) is 0 Å². The normalized spacial score (nSPS) is 31.8. The van der Waals surface area contributed by atoms with Crippen LogP contribution in [0, 0.1) is 37.5 Å². The van der Waals surface area contributed by atoms with Crippen molar-refractivity contribution in [1.29, 1.82) is 0 Å². The summed E-state index contributed by atoms with van der Waals surface area (Å²) in [6, 6.07) is 24.8. The molecule has 5 unspecified atom stereocenters. The molecule has 0 heterocycles. The molecular formula is C27H24N2O5. The van der Waals surface area contributed by atoms with Gasteiger partial charge in [-0.05, 0) is 34.9 Å². The van der Waals surface area contributed by atoms with E-state index in [1.807, 2.05) is 12.1 Å². The van der Waals surface area contributed by atoms with Gasteiger partial charge in [0.15, 0.2) is 5.75 Å². The third-order valence-electron chi connectivity index (χ3n) is 8.99. The van der Waals surface area contributed by atoms with Crippen LogP contribution in [0.15, 0.2) is 78.9 Å². The van der Waals surface area contributed by atoms with Gasteiger partial charge in [-0.25, -0.2) is 0 Å². The maximum atomic E-state index is 11.6. The van der Waals surface area contributed by atoms with E-state index in [2.05, 4.69) is 62.4 Å². The number of rotatable bonds is 6. The van der Waals surface area contributed by atoms with Crippen LogP contribution in [0.5, 0.6) is 5.75 Å². The molecule has 0 aromatic heterocycles. The molecule has 0 radical (unpaired) electrons. The van der Waals surface area contributed by atoms with E-state index in [4.69, 9.17) is 4.74 Å². The molecule has 3 saturated carbocycles. The highest BCUT2D eigenvalue weighted by Gasteiger charge is 2.99. The minimum absolute atomic E-state index is 0.00541. The lowest BCUT2D eigenvalue weighted by molar-refractivity contribution is -0.395. The maximum absolute atomic E-state index is 11.6. The highest BCUT2D eigenvalue weighted by molar-refractivity contribution is 5.66. The van der Waals surface area contributed by atoms with E-state index in [1.165, 1.54) is 23.3 Å². The second kappa shape index (κ2) is 6.65. The Morgan fingerprint density at radius 2 is 1.41 bits per heavy atom. The van der Waals surface area contributed by atoms with Crippen molar-refractivity contribution in [3.63, 3.8) is 0 Å². The molecule has 0 amide bonds. The molecule has 7 heteroatoms. The molecular weight excluding hydrogens is 432 g/mol. The van der Waals surface area contributed by atoms with E-state index in [0.717, 1.165) is 12.5 Å². The van der Waals surface area contributed by atoms with E-state index < -0.39 is 9.85 Å². The number of hydrogen-bond acceptors (Lipinski definition) is 5. The van der Waals surface area contributed by atoms with E-state index in [-0.39, 0.29) is 45.4 Å². The highest BCUT2D eigenvalue weighted by atomic mass is 16.6. The molecule has 7 nitrogen and oxygen atoms in total. The van der Waals surface area contributed by atoms with Crippen LogP contribution in [0.1, 0.15) is 31.4 Å². The van der Waals surface area contributed by atoms with Crippen molar-refractivity contribution < 1.29 is 14.6 Å². The summed E-state index contributed by atoms with van der Waals surface area (Å²) in [5.41, 5.74) is 1.77. The molecule has 3 aromatic carbocycles. The van der Waals surface area contributed by atoms with E-state index in [9.17, 15) is 20.2 Å². The van der Waals surface area contributed by atoms with Crippen LogP contribution < -0.4 is 4.74 Å². The van der Waals surface area contributed by atoms with Gasteiger partial charge in [0.25, 0.3) is 5.69 Å². The summed E-state index contributed by atoms with van der Waals surface area (Å²) in [4.78, 5) is 21.5. The molecule has 0 N–H and O–H groups in total. The Bertz CT molecular complexity index is 1330. The molecule has 0 bridgehead atoms. The first kappa shape index (κ1) is 20.8. The first-order chi connectivity index (χ1) is 16.3. The lowest BCUT2D eigenvalue weighted by atomic mass is 9.43. The molecule has 3 fully saturated rings. The monoisotopic (exact) mass is 456 g/mol. The quantitative estimate of drug-likeness (QED) is 0.344. The second-order valence-electron chi connectivity index (χ2n) is 10.2. The molecule has 3 aromatic rings. The summed E-state index contributed by atoms with van der Waals surface area (Å²) in [6.07, 6.45) is 0.607. The Hall–Kier alpha value is -3.74. The summed E-state index contributed by atoms with van der Waals surface area (Å²) >= 11 is 0. The average Bonchev–Trinajstić information content (AvgIpc) is 3.21. The van der Waals surface area contributed by atoms with Crippen LogP contribution in [-0.2, 0) is 10.8 Å². The minimum Gasteiger partial charge on any atom is -0.483 e. The van der Waals surface area contributed by atoms with Crippen molar-refractivity contribution in [2.45, 2.75) is 37.2 Å². The number of benzene rings is 3. The largest absolute Gasteiger partial charge is 0.483 e. The van der Waals surface area contributed by atoms with Gasteiger partial charge in [-0.3, -0.25) is 20.2 Å². The lowest BCUT2D eigenvalue weighted by Gasteiger charge is -2.62. The molecule has 3 aliphatic rings. The van der Waals surface area contributed by atoms with Crippen LogP contribution in [0.3, 0.4) is 0 Å². The zero-order valence-corrected chi connectivity index (χ0v) is 18.9. The standard InChI is InChI=1S/C27H24N2O5/c1-25(2)26(17-9-5-3-6-10-17)20-16-23(24(20)27(25,26)18-11-7-4-8-12-18)34-22-14-13-19(28(30)31)15-21(22)29(32)33/h3-15,20,23-24H,16H2,1-2H3. The maximum Gasteiger partial charge on any atom is 0.317 e. The Labute approximate surface area is 196 Å². The smallest absolute Gasteiger partial charge is 0.317 e. The van der Waals surface area contributed by atoms with Gasteiger partial charge in [-0.1, -0.05) is 74.5 Å². The number of nitro groups is 2. The van der Waals surface area contributed by atoms with E-state index in [0.29, 0.717) is 5.92 Å². The van der Waals surface area contributed by atoms with Crippen molar-refractivity contribution >= 4 is 11.4 Å². The average molecular weight is 456 g/mol. The zero-order chi connectivity index (χ0) is 23.9. The van der Waals surface area contributed by atoms with Crippen LogP contribution >= 0.6 is 0 Å². The summed E-state index contributed by atoms with van der Waals surface area (Å²) in [5.74, 6) is 0.713. The molecule has 0 saturated heterocycles. The minimum atomic E-state index is -0.632. The van der Waals surface area contributed by atoms with E-state index >= 15 is 0 Å². The molecule has 34 heavy (non-hydrogen) atoms. The van der Waals surface area contributed by atoms with Crippen molar-refractivity contribution in [3.05, 3.63) is 110 Å². The molecule has 5 atom stereocenters. The highest BCUT2D eigenvalue weighted by Crippen LogP contribution is 2.96. The van der Waals surface area contributed by atoms with Crippen molar-refractivity contribution in [1.82, 2.24) is 0 Å². The Morgan fingerprint density at radius 3 is 1.97 bits per heavy atom. The number of nitrogens with zero attached hydrogens (tertiary/aromatic N) is 2. The van der Waals surface area contributed by atoms with Gasteiger partial charge in [-0.15, -0.1) is 0 Å². The van der Waals surface area contributed by atoms with Gasteiger partial charge in [-0.2, -0.15) is 0 Å². The Kier molecular flexibility index (Phi) is 4.08. The first-order valence-electron chi connectivity index (χ1n) is 11.5. The fraction of sp³-hybridized carbons (Fsp3) is 0.333. The third-order valence-corrected chi connectivity index (χ3v) is 8.99. The zero-order valence-electron chi connectivity index (χ0n) is 18.9. The van der Waals surface area contributed by atoms with Crippen molar-refractivity contribution in [2.24, 2.45) is 17.3 Å². The Morgan fingerprint density at radius 1 is 0.824 bits per heavy atom. The van der Waals surface area contributed by atoms with Gasteiger partial charge >= 0.3 is 5.69 Å². The summed E-state index contributed by atoms with van der Waals surface area (Å²) in [7, 11) is 0. The number of fused-ring (bicyclic) bond motifs is 4. The van der Waals surface area contributed by atoms with Gasteiger partial charge in [0.2, 0.25) is 0 Å². The molecule has 0 spiro atoms. The third kappa shape index (κ3) is 2.18. The molecule has 6 rings (SSSR count). The van der Waals surface area contributed by atoms with Crippen LogP contribution in [-0.4, -0.2) is 16.0 Å². The first-order valence-corrected chi connectivity index (χ1v) is 11.5. The Balaban J connectivity index is 1.41. The fourth-order valence-electron chi connectivity index (χ4n) is 8.05. The number of nitro benzene ring substituents is 2. The van der Waals surface area contributed by atoms with Gasteiger partial charge in [0.05, 0.1) is 15.9 Å². The summed E-state index contributed by atoms with van der Waals surface area (Å²) in [5, 5.41) is 22.8. The predicted molar refractivity (Wildman–Crippen MR) is 126 cm³/mol. The predicted octanol–water partition coefficient (Wildman–Crippen LogP) is 5.82. The number of hydrogen-bond donors (Lipinski definition) is 0. The van der Waals surface area contributed by atoms with Crippen LogP contribution in [0.4, 0.5) is 11.4 Å². The molecule has 172 valence electrons. The fourth-order valence-corrected chi connectivity index (χ4v) is 8.05. The topological polar surface area (TPSA) is 95.5 Å². The van der Waals surface area contributed by atoms with Crippen LogP contribution in [0.25, 0.3) is 0 Å². The summed E-state index contributed by atoms with van der Waals surface area (Å²) in [6.45, 7) is 4.66. The van der Waals surface area contributed by atoms with Gasteiger partial charge in [0.1, 0.15) is 6.10 Å². The van der Waals surface area contributed by atoms with Crippen LogP contribution in [0.2, 0.25) is 0 Å². The van der Waals surface area contributed by atoms with E-state index in [1.54, 1.807) is 0 Å². The second-order valence-corrected chi connectivity index (χ2v) is 10.2. The number of ether oxygens (including phenoxy) is 1. The molecule has 0 aliphatic heterocycles. The SMILES string of the molecule is CC1(C)C2(c3ccccc3)C3CC(Oc4ccc([N+](=O)[O-])cc4[N+](=O)[O-])C3C12c1ccccc1. The summed E-state index contributed by atoms with van der Waals surface area (Å²) < 4.78 is 6.26. The van der Waals surface area contributed by atoms with Gasteiger partial charge < -0.3 is 4.74 Å². The van der Waals surface area contributed by atoms with Crippen molar-refractivity contribution in [3.8, 4) is 5.75 Å². The lowest BCUT2D eigenvalue weighted by Crippen LogP contribution is -2.66.